The number of ether oxygens (including phenoxy) is 1. The Kier molecular flexibility index (Phi) is 4.43. The Labute approximate surface area is 144 Å². The Morgan fingerprint density at radius 2 is 2.16 bits per heavy atom. The van der Waals surface area contributed by atoms with Crippen molar-refractivity contribution in [1.82, 2.24) is 14.8 Å². The first-order valence-electron chi connectivity index (χ1n) is 8.09. The molecule has 2 heterocycles. The van der Waals surface area contributed by atoms with Gasteiger partial charge < -0.3 is 15.2 Å². The highest BCUT2D eigenvalue weighted by Gasteiger charge is 2.30. The number of amides is 1. The lowest BCUT2D eigenvalue weighted by Gasteiger charge is -2.25. The fourth-order valence-corrected chi connectivity index (χ4v) is 2.27. The van der Waals surface area contributed by atoms with E-state index < -0.39 is 11.5 Å². The van der Waals surface area contributed by atoms with Gasteiger partial charge in [-0.25, -0.2) is 9.78 Å². The van der Waals surface area contributed by atoms with Crippen LogP contribution in [0.15, 0.2) is 30.7 Å². The second-order valence-corrected chi connectivity index (χ2v) is 6.55. The van der Waals surface area contributed by atoms with E-state index in [1.807, 2.05) is 0 Å². The third-order valence-corrected chi connectivity index (χ3v) is 4.27. The molecule has 2 N–H and O–H groups in total. The Bertz CT molecular complexity index is 795. The number of aromatic nitrogens is 3. The van der Waals surface area contributed by atoms with Crippen LogP contribution in [0, 0.1) is 0 Å². The maximum absolute atomic E-state index is 12.4. The predicted octanol–water partition coefficient (Wildman–Crippen LogP) is 2.28. The molecule has 0 spiro atoms. The van der Waals surface area contributed by atoms with E-state index in [9.17, 15) is 14.7 Å². The molecule has 1 fully saturated rings. The first-order chi connectivity index (χ1) is 11.9. The lowest BCUT2D eigenvalue weighted by atomic mass is 9.96. The van der Waals surface area contributed by atoms with Gasteiger partial charge in [0.2, 0.25) is 5.88 Å². The molecule has 1 amide bonds. The maximum atomic E-state index is 12.4. The zero-order chi connectivity index (χ0) is 18.0. The van der Waals surface area contributed by atoms with E-state index in [0.717, 1.165) is 19.3 Å². The summed E-state index contributed by atoms with van der Waals surface area (Å²) in [7, 11) is 0. The van der Waals surface area contributed by atoms with E-state index in [1.165, 1.54) is 37.1 Å². The third-order valence-electron chi connectivity index (χ3n) is 4.27. The number of carboxylic acids is 1. The number of rotatable bonds is 6. The number of carbonyl (C=O) groups is 2. The second-order valence-electron chi connectivity index (χ2n) is 6.55. The zero-order valence-electron chi connectivity index (χ0n) is 14.1. The van der Waals surface area contributed by atoms with Gasteiger partial charge >= 0.3 is 5.97 Å². The van der Waals surface area contributed by atoms with E-state index in [4.69, 9.17) is 4.74 Å². The fraction of sp³-hybridized carbons (Fsp3) is 0.412. The number of hydrogen-bond acceptors (Lipinski definition) is 5. The topological polar surface area (TPSA) is 106 Å². The highest BCUT2D eigenvalue weighted by Crippen LogP contribution is 2.24. The van der Waals surface area contributed by atoms with Crippen molar-refractivity contribution in [3.63, 3.8) is 0 Å². The normalized spacial score (nSPS) is 14.6. The SMILES string of the molecule is CC(C)(C(=O)O)n1cc(NC(=O)c2ccnc(OC3CCC3)c2)cn1. The van der Waals surface area contributed by atoms with Crippen LogP contribution in [0.5, 0.6) is 5.88 Å². The molecule has 1 aliphatic rings. The summed E-state index contributed by atoms with van der Waals surface area (Å²) in [5.74, 6) is -0.922. The average molecular weight is 344 g/mol. The Hall–Kier alpha value is -2.90. The molecular weight excluding hydrogens is 324 g/mol. The van der Waals surface area contributed by atoms with E-state index in [0.29, 0.717) is 17.1 Å². The molecule has 0 bridgehead atoms. The van der Waals surface area contributed by atoms with Crippen LogP contribution in [0.25, 0.3) is 0 Å². The van der Waals surface area contributed by atoms with Crippen molar-refractivity contribution in [1.29, 1.82) is 0 Å². The smallest absolute Gasteiger partial charge is 0.331 e. The molecule has 0 saturated heterocycles. The molecule has 0 aromatic carbocycles. The molecule has 2 aromatic rings. The number of anilines is 1. The first-order valence-corrected chi connectivity index (χ1v) is 8.09. The van der Waals surface area contributed by atoms with Gasteiger partial charge in [-0.3, -0.25) is 9.48 Å². The van der Waals surface area contributed by atoms with Crippen LogP contribution >= 0.6 is 0 Å². The van der Waals surface area contributed by atoms with Gasteiger partial charge in [-0.1, -0.05) is 0 Å². The molecule has 2 aromatic heterocycles. The maximum Gasteiger partial charge on any atom is 0.331 e. The first kappa shape index (κ1) is 16.9. The molecule has 132 valence electrons. The van der Waals surface area contributed by atoms with Crippen LogP contribution in [0.4, 0.5) is 5.69 Å². The van der Waals surface area contributed by atoms with Gasteiger partial charge in [0.05, 0.1) is 11.9 Å². The van der Waals surface area contributed by atoms with Crippen molar-refractivity contribution in [3.05, 3.63) is 36.3 Å². The zero-order valence-corrected chi connectivity index (χ0v) is 14.1. The second kappa shape index (κ2) is 6.54. The Morgan fingerprint density at radius 3 is 2.80 bits per heavy atom. The van der Waals surface area contributed by atoms with Gasteiger partial charge in [0, 0.05) is 24.0 Å². The van der Waals surface area contributed by atoms with Gasteiger partial charge in [0.25, 0.3) is 5.91 Å². The molecule has 25 heavy (non-hydrogen) atoms. The minimum Gasteiger partial charge on any atom is -0.479 e. The lowest BCUT2D eigenvalue weighted by Crippen LogP contribution is -2.35. The molecule has 8 heteroatoms. The Morgan fingerprint density at radius 1 is 1.40 bits per heavy atom. The minimum absolute atomic E-state index is 0.183. The monoisotopic (exact) mass is 344 g/mol. The molecule has 0 unspecified atom stereocenters. The highest BCUT2D eigenvalue weighted by molar-refractivity contribution is 6.04. The van der Waals surface area contributed by atoms with E-state index in [1.54, 1.807) is 12.1 Å². The summed E-state index contributed by atoms with van der Waals surface area (Å²) in [6, 6.07) is 3.19. The number of carbonyl (C=O) groups excluding carboxylic acids is 1. The lowest BCUT2D eigenvalue weighted by molar-refractivity contribution is -0.146. The number of pyridine rings is 1. The average Bonchev–Trinajstić information content (AvgIpc) is 3.00. The summed E-state index contributed by atoms with van der Waals surface area (Å²) in [6.07, 6.45) is 7.78. The molecule has 8 nitrogen and oxygen atoms in total. The number of aliphatic carboxylic acids is 1. The summed E-state index contributed by atoms with van der Waals surface area (Å²) in [6.45, 7) is 3.06. The quantitative estimate of drug-likeness (QED) is 0.833. The molecule has 0 atom stereocenters. The van der Waals surface area contributed by atoms with E-state index in [-0.39, 0.29) is 12.0 Å². The number of hydrogen-bond donors (Lipinski definition) is 2. The summed E-state index contributed by atoms with van der Waals surface area (Å²) < 4.78 is 6.99. The summed E-state index contributed by atoms with van der Waals surface area (Å²) in [5.41, 5.74) is -0.379. The standard InChI is InChI=1S/C17H20N4O4/c1-17(2,16(23)24)21-10-12(9-19-21)20-15(22)11-6-7-18-14(8-11)25-13-4-3-5-13/h6-10,13H,3-5H2,1-2H3,(H,20,22)(H,23,24). The van der Waals surface area contributed by atoms with Crippen molar-refractivity contribution in [2.45, 2.75) is 44.8 Å². The van der Waals surface area contributed by atoms with Gasteiger partial charge in [-0.2, -0.15) is 5.10 Å². The van der Waals surface area contributed by atoms with Crippen LogP contribution < -0.4 is 10.1 Å². The van der Waals surface area contributed by atoms with Crippen LogP contribution in [0.2, 0.25) is 0 Å². The van der Waals surface area contributed by atoms with Gasteiger partial charge in [0.15, 0.2) is 5.54 Å². The van der Waals surface area contributed by atoms with Crippen molar-refractivity contribution in [3.8, 4) is 5.88 Å². The molecule has 0 aliphatic heterocycles. The van der Waals surface area contributed by atoms with Crippen molar-refractivity contribution in [2.75, 3.05) is 5.32 Å². The third kappa shape index (κ3) is 3.62. The number of nitrogens with zero attached hydrogens (tertiary/aromatic N) is 3. The molecule has 0 radical (unpaired) electrons. The molecular formula is C17H20N4O4. The van der Waals surface area contributed by atoms with Crippen molar-refractivity contribution >= 4 is 17.6 Å². The minimum atomic E-state index is -1.20. The summed E-state index contributed by atoms with van der Waals surface area (Å²) in [4.78, 5) is 27.8. The van der Waals surface area contributed by atoms with Crippen LogP contribution in [-0.2, 0) is 10.3 Å². The van der Waals surface area contributed by atoms with Gasteiger partial charge in [-0.15, -0.1) is 0 Å². The van der Waals surface area contributed by atoms with Gasteiger partial charge in [-0.05, 0) is 39.2 Å². The van der Waals surface area contributed by atoms with Gasteiger partial charge in [0.1, 0.15) is 6.10 Å². The van der Waals surface area contributed by atoms with Crippen LogP contribution in [0.1, 0.15) is 43.5 Å². The molecule has 1 saturated carbocycles. The van der Waals surface area contributed by atoms with E-state index >= 15 is 0 Å². The molecule has 1 aliphatic carbocycles. The number of carboxylic acid groups (broad SMARTS) is 1. The van der Waals surface area contributed by atoms with Crippen molar-refractivity contribution < 1.29 is 19.4 Å². The van der Waals surface area contributed by atoms with Crippen molar-refractivity contribution in [2.24, 2.45) is 0 Å². The summed E-state index contributed by atoms with van der Waals surface area (Å²) >= 11 is 0. The Balaban J connectivity index is 1.69. The predicted molar refractivity (Wildman–Crippen MR) is 89.6 cm³/mol. The summed E-state index contributed by atoms with van der Waals surface area (Å²) in [5, 5.41) is 15.9. The fourth-order valence-electron chi connectivity index (χ4n) is 2.27. The van der Waals surface area contributed by atoms with E-state index in [2.05, 4.69) is 15.4 Å². The largest absolute Gasteiger partial charge is 0.479 e. The van der Waals surface area contributed by atoms with Crippen LogP contribution in [0.3, 0.4) is 0 Å². The molecule has 3 rings (SSSR count). The number of nitrogens with one attached hydrogen (secondary N) is 1. The highest BCUT2D eigenvalue weighted by atomic mass is 16.5. The van der Waals surface area contributed by atoms with Crippen LogP contribution in [-0.4, -0.2) is 37.9 Å².